The summed E-state index contributed by atoms with van der Waals surface area (Å²) >= 11 is 4.25. The van der Waals surface area contributed by atoms with Gasteiger partial charge in [0, 0.05) is 0 Å². The minimum Gasteiger partial charge on any atom is -0.179 e. The van der Waals surface area contributed by atoms with Gasteiger partial charge in [-0.3, -0.25) is 0 Å². The summed E-state index contributed by atoms with van der Waals surface area (Å²) in [7, 11) is 0. The molecular formula is C11H12S. The topological polar surface area (TPSA) is 0 Å². The van der Waals surface area contributed by atoms with Gasteiger partial charge in [-0.2, -0.15) is 12.6 Å². The smallest absolute Gasteiger partial charge is 0.00572 e. The number of rotatable bonds is 2. The molecule has 1 aliphatic carbocycles. The second kappa shape index (κ2) is 3.36. The minimum atomic E-state index is 0.945. The van der Waals surface area contributed by atoms with Crippen LogP contribution in [0.2, 0.25) is 0 Å². The van der Waals surface area contributed by atoms with Gasteiger partial charge in [0.1, 0.15) is 0 Å². The molecular weight excluding hydrogens is 164 g/mol. The van der Waals surface area contributed by atoms with Gasteiger partial charge in [0.2, 0.25) is 0 Å². The molecule has 1 heteroatoms. The minimum absolute atomic E-state index is 0.945. The number of hydrogen-bond acceptors (Lipinski definition) is 1. The molecule has 0 unspecified atom stereocenters. The molecule has 62 valence electrons. The zero-order chi connectivity index (χ0) is 8.39. The molecule has 0 fully saturated rings. The van der Waals surface area contributed by atoms with E-state index in [1.165, 1.54) is 16.7 Å². The Balaban J connectivity index is 2.32. The van der Waals surface area contributed by atoms with Gasteiger partial charge in [0.05, 0.1) is 0 Å². The first-order valence-electron chi connectivity index (χ1n) is 4.30. The summed E-state index contributed by atoms with van der Waals surface area (Å²) < 4.78 is 0. The molecule has 0 aromatic heterocycles. The first kappa shape index (κ1) is 7.93. The van der Waals surface area contributed by atoms with Gasteiger partial charge in [-0.25, -0.2) is 0 Å². The monoisotopic (exact) mass is 176 g/mol. The van der Waals surface area contributed by atoms with Crippen molar-refractivity contribution in [3.63, 3.8) is 0 Å². The average molecular weight is 176 g/mol. The number of thiol groups is 1. The van der Waals surface area contributed by atoms with Crippen molar-refractivity contribution in [2.75, 3.05) is 5.75 Å². The van der Waals surface area contributed by atoms with E-state index in [1.54, 1.807) is 0 Å². The Kier molecular flexibility index (Phi) is 2.22. The Morgan fingerprint density at radius 3 is 2.92 bits per heavy atom. The summed E-state index contributed by atoms with van der Waals surface area (Å²) in [5, 5.41) is 0. The second-order valence-corrected chi connectivity index (χ2v) is 3.51. The maximum Gasteiger partial charge on any atom is -0.00572 e. The van der Waals surface area contributed by atoms with Crippen LogP contribution in [0.25, 0.3) is 5.57 Å². The van der Waals surface area contributed by atoms with Crippen LogP contribution in [-0.2, 0) is 6.42 Å². The maximum atomic E-state index is 4.25. The van der Waals surface area contributed by atoms with Crippen molar-refractivity contribution in [1.29, 1.82) is 0 Å². The van der Waals surface area contributed by atoms with Crippen LogP contribution in [0.4, 0.5) is 0 Å². The molecule has 0 aliphatic heterocycles. The molecule has 0 N–H and O–H groups in total. The molecule has 1 aliphatic rings. The van der Waals surface area contributed by atoms with Crippen molar-refractivity contribution in [1.82, 2.24) is 0 Å². The predicted octanol–water partition coefficient (Wildman–Crippen LogP) is 2.95. The number of allylic oxidation sites excluding steroid dienone is 2. The maximum absolute atomic E-state index is 4.25. The highest BCUT2D eigenvalue weighted by Gasteiger charge is 2.11. The van der Waals surface area contributed by atoms with Crippen LogP contribution in [-0.4, -0.2) is 5.75 Å². The fraction of sp³-hybridized carbons (Fsp3) is 0.273. The molecule has 0 spiro atoms. The Labute approximate surface area is 78.7 Å². The van der Waals surface area contributed by atoms with Crippen LogP contribution < -0.4 is 0 Å². The van der Waals surface area contributed by atoms with Crippen LogP contribution in [0.5, 0.6) is 0 Å². The van der Waals surface area contributed by atoms with E-state index in [-0.39, 0.29) is 0 Å². The lowest BCUT2D eigenvalue weighted by atomic mass is 10.0. The van der Waals surface area contributed by atoms with Crippen molar-refractivity contribution >= 4 is 18.2 Å². The van der Waals surface area contributed by atoms with Gasteiger partial charge >= 0.3 is 0 Å². The Morgan fingerprint density at radius 2 is 2.08 bits per heavy atom. The highest BCUT2D eigenvalue weighted by Crippen LogP contribution is 2.29. The van der Waals surface area contributed by atoms with Crippen LogP contribution >= 0.6 is 12.6 Å². The van der Waals surface area contributed by atoms with Crippen LogP contribution in [0, 0.1) is 0 Å². The third kappa shape index (κ3) is 1.29. The fourth-order valence-corrected chi connectivity index (χ4v) is 1.95. The molecule has 0 saturated heterocycles. The summed E-state index contributed by atoms with van der Waals surface area (Å²) in [6.07, 6.45) is 4.53. The highest BCUT2D eigenvalue weighted by molar-refractivity contribution is 7.80. The van der Waals surface area contributed by atoms with Crippen molar-refractivity contribution < 1.29 is 0 Å². The summed E-state index contributed by atoms with van der Waals surface area (Å²) in [4.78, 5) is 0. The van der Waals surface area contributed by atoms with Crippen LogP contribution in [0.1, 0.15) is 17.5 Å². The average Bonchev–Trinajstić information content (AvgIpc) is 2.50. The first-order valence-corrected chi connectivity index (χ1v) is 4.93. The van der Waals surface area contributed by atoms with Crippen molar-refractivity contribution in [2.45, 2.75) is 12.8 Å². The van der Waals surface area contributed by atoms with E-state index < -0.39 is 0 Å². The highest BCUT2D eigenvalue weighted by atomic mass is 32.1. The van der Waals surface area contributed by atoms with Gasteiger partial charge < -0.3 is 0 Å². The molecule has 0 saturated carbocycles. The second-order valence-electron chi connectivity index (χ2n) is 3.06. The van der Waals surface area contributed by atoms with Crippen molar-refractivity contribution in [3.8, 4) is 0 Å². The number of fused-ring (bicyclic) bond motifs is 1. The summed E-state index contributed by atoms with van der Waals surface area (Å²) in [6.45, 7) is 0. The lowest BCUT2D eigenvalue weighted by Crippen LogP contribution is -1.84. The summed E-state index contributed by atoms with van der Waals surface area (Å²) in [5.74, 6) is 0.945. The van der Waals surface area contributed by atoms with E-state index in [0.29, 0.717) is 0 Å². The van der Waals surface area contributed by atoms with Gasteiger partial charge in [0.15, 0.2) is 0 Å². The number of hydrogen-bond donors (Lipinski definition) is 1. The molecule has 0 nitrogen and oxygen atoms in total. The summed E-state index contributed by atoms with van der Waals surface area (Å²) in [5.41, 5.74) is 4.38. The van der Waals surface area contributed by atoms with Crippen LogP contribution in [0.15, 0.2) is 30.3 Å². The SMILES string of the molecule is SCCC1=CCc2ccccc21. The first-order chi connectivity index (χ1) is 5.92. The normalized spacial score (nSPS) is 14.2. The Hall–Kier alpha value is -0.690. The quantitative estimate of drug-likeness (QED) is 0.658. The van der Waals surface area contributed by atoms with Gasteiger partial charge in [-0.1, -0.05) is 30.3 Å². The Bertz CT molecular complexity index is 313. The van der Waals surface area contributed by atoms with Crippen molar-refractivity contribution in [2.24, 2.45) is 0 Å². The van der Waals surface area contributed by atoms with E-state index in [9.17, 15) is 0 Å². The molecule has 0 amide bonds. The zero-order valence-electron chi connectivity index (χ0n) is 6.96. The zero-order valence-corrected chi connectivity index (χ0v) is 7.85. The van der Waals surface area contributed by atoms with E-state index in [0.717, 1.165) is 18.6 Å². The standard InChI is InChI=1S/C11H12S/c12-8-7-10-6-5-9-3-1-2-4-11(9)10/h1-4,6,12H,5,7-8H2. The van der Waals surface area contributed by atoms with E-state index in [4.69, 9.17) is 0 Å². The summed E-state index contributed by atoms with van der Waals surface area (Å²) in [6, 6.07) is 8.63. The van der Waals surface area contributed by atoms with Gasteiger partial charge in [-0.05, 0) is 35.3 Å². The molecule has 1 aromatic carbocycles. The van der Waals surface area contributed by atoms with Gasteiger partial charge in [-0.15, -0.1) is 0 Å². The third-order valence-corrected chi connectivity index (χ3v) is 2.54. The molecule has 0 heterocycles. The van der Waals surface area contributed by atoms with Crippen molar-refractivity contribution in [3.05, 3.63) is 41.5 Å². The largest absolute Gasteiger partial charge is 0.179 e. The molecule has 0 bridgehead atoms. The molecule has 1 aromatic rings. The molecule has 0 atom stereocenters. The van der Waals surface area contributed by atoms with Gasteiger partial charge in [0.25, 0.3) is 0 Å². The third-order valence-electron chi connectivity index (χ3n) is 2.31. The van der Waals surface area contributed by atoms with E-state index in [1.807, 2.05) is 0 Å². The number of benzene rings is 1. The lowest BCUT2D eigenvalue weighted by molar-refractivity contribution is 1.27. The lowest BCUT2D eigenvalue weighted by Gasteiger charge is -2.02. The molecule has 0 radical (unpaired) electrons. The van der Waals surface area contributed by atoms with E-state index in [2.05, 4.69) is 43.0 Å². The van der Waals surface area contributed by atoms with E-state index >= 15 is 0 Å². The van der Waals surface area contributed by atoms with Crippen LogP contribution in [0.3, 0.4) is 0 Å². The molecule has 12 heavy (non-hydrogen) atoms. The predicted molar refractivity (Wildman–Crippen MR) is 56.6 cm³/mol. The fourth-order valence-electron chi connectivity index (χ4n) is 1.71. The Morgan fingerprint density at radius 1 is 1.25 bits per heavy atom. The molecule has 2 rings (SSSR count).